The van der Waals surface area contributed by atoms with Crippen LogP contribution in [0, 0.1) is 21.0 Å². The summed E-state index contributed by atoms with van der Waals surface area (Å²) in [5, 5.41) is 16.3. The van der Waals surface area contributed by atoms with Gasteiger partial charge in [-0.05, 0) is 25.2 Å². The Labute approximate surface area is 134 Å². The van der Waals surface area contributed by atoms with Crippen LogP contribution in [0.25, 0.3) is 0 Å². The van der Waals surface area contributed by atoms with Crippen LogP contribution in [0.4, 0.5) is 11.4 Å². The van der Waals surface area contributed by atoms with Crippen LogP contribution in [0.5, 0.6) is 0 Å². The van der Waals surface area contributed by atoms with Crippen molar-refractivity contribution in [1.82, 2.24) is 9.78 Å². The Morgan fingerprint density at radius 1 is 1.52 bits per heavy atom. The maximum absolute atomic E-state index is 11.0. The summed E-state index contributed by atoms with van der Waals surface area (Å²) in [4.78, 5) is 13.7. The van der Waals surface area contributed by atoms with Crippen molar-refractivity contribution in [3.63, 3.8) is 0 Å². The molecule has 6 nitrogen and oxygen atoms in total. The summed E-state index contributed by atoms with van der Waals surface area (Å²) in [6.45, 7) is 3.26. The van der Waals surface area contributed by atoms with Gasteiger partial charge in [-0.2, -0.15) is 5.10 Å². The van der Waals surface area contributed by atoms with Crippen molar-refractivity contribution in [2.75, 3.05) is 17.2 Å². The molecule has 0 radical (unpaired) electrons. The largest absolute Gasteiger partial charge is 0.350 e. The molecule has 2 heterocycles. The number of anilines is 1. The highest BCUT2D eigenvalue weighted by Crippen LogP contribution is 2.37. The van der Waals surface area contributed by atoms with Crippen LogP contribution in [0.3, 0.4) is 0 Å². The predicted molar refractivity (Wildman–Crippen MR) is 86.8 cm³/mol. The lowest BCUT2D eigenvalue weighted by atomic mass is 10.2. The van der Waals surface area contributed by atoms with Gasteiger partial charge >= 0.3 is 0 Å². The molecule has 0 amide bonds. The number of benzene rings is 1. The van der Waals surface area contributed by atoms with Crippen LogP contribution in [-0.4, -0.2) is 27.0 Å². The fourth-order valence-corrected chi connectivity index (χ4v) is 4.27. The molecule has 2 aromatic rings. The normalized spacial score (nSPS) is 14.0. The van der Waals surface area contributed by atoms with E-state index in [1.54, 1.807) is 28.6 Å². The van der Waals surface area contributed by atoms with Crippen LogP contribution in [0.15, 0.2) is 23.1 Å². The number of hydrogen-bond donors (Lipinski definition) is 0. The van der Waals surface area contributed by atoms with Gasteiger partial charge < -0.3 is 4.90 Å². The number of rotatable bonds is 3. The van der Waals surface area contributed by atoms with Crippen molar-refractivity contribution >= 4 is 46.7 Å². The van der Waals surface area contributed by atoms with Crippen LogP contribution >= 0.6 is 35.3 Å². The first kappa shape index (κ1) is 14.5. The lowest BCUT2D eigenvalue weighted by molar-refractivity contribution is -0.384. The maximum Gasteiger partial charge on any atom is 0.271 e. The number of nitrogens with zero attached hydrogens (tertiary/aromatic N) is 4. The minimum absolute atomic E-state index is 0.110. The summed E-state index contributed by atoms with van der Waals surface area (Å²) in [6, 6.07) is 4.99. The highest BCUT2D eigenvalue weighted by Gasteiger charge is 2.21. The minimum atomic E-state index is -0.365. The third-order valence-corrected chi connectivity index (χ3v) is 5.39. The fraction of sp³-hybridized carbons (Fsp3) is 0.333. The predicted octanol–water partition coefficient (Wildman–Crippen LogP) is 3.46. The highest BCUT2D eigenvalue weighted by atomic mass is 32.2. The molecule has 3 rings (SSSR count). The summed E-state index contributed by atoms with van der Waals surface area (Å²) in [5.41, 5.74) is 0.993. The summed E-state index contributed by atoms with van der Waals surface area (Å²) in [6.07, 6.45) is 0. The van der Waals surface area contributed by atoms with E-state index in [-0.39, 0.29) is 10.6 Å². The number of thioether (sulfide) groups is 1. The van der Waals surface area contributed by atoms with Gasteiger partial charge in [0.1, 0.15) is 11.7 Å². The number of non-ortho nitro benzene ring substituents is 1. The molecule has 110 valence electrons. The third-order valence-electron chi connectivity index (χ3n) is 3.12. The van der Waals surface area contributed by atoms with Crippen molar-refractivity contribution in [2.45, 2.75) is 18.5 Å². The Kier molecular flexibility index (Phi) is 3.96. The number of nitro benzene ring substituents is 1. The molecule has 0 atom stereocenters. The molecule has 1 aromatic heterocycles. The summed E-state index contributed by atoms with van der Waals surface area (Å²) >= 11 is 8.48. The van der Waals surface area contributed by atoms with E-state index in [2.05, 4.69) is 10.00 Å². The first-order valence-electron chi connectivity index (χ1n) is 6.25. The molecule has 0 saturated heterocycles. The molecule has 9 heteroatoms. The molecule has 21 heavy (non-hydrogen) atoms. The van der Waals surface area contributed by atoms with E-state index in [1.165, 1.54) is 11.3 Å². The van der Waals surface area contributed by atoms with Gasteiger partial charge in [0.2, 0.25) is 0 Å². The fourth-order valence-electron chi connectivity index (χ4n) is 2.18. The quantitative estimate of drug-likeness (QED) is 0.484. The Balaban J connectivity index is 1.95. The minimum Gasteiger partial charge on any atom is -0.350 e. The Morgan fingerprint density at radius 2 is 2.33 bits per heavy atom. The van der Waals surface area contributed by atoms with Crippen molar-refractivity contribution < 1.29 is 4.92 Å². The molecule has 0 fully saturated rings. The van der Waals surface area contributed by atoms with Crippen molar-refractivity contribution in [3.8, 4) is 0 Å². The molecule has 0 spiro atoms. The smallest absolute Gasteiger partial charge is 0.271 e. The maximum atomic E-state index is 11.0. The number of fused-ring (bicyclic) bond motifs is 1. The van der Waals surface area contributed by atoms with Crippen LogP contribution in [0.1, 0.15) is 5.01 Å². The monoisotopic (exact) mass is 340 g/mol. The number of hydrogen-bond acceptors (Lipinski definition) is 7. The number of aryl methyl sites for hydroxylation is 1. The Bertz CT molecular complexity index is 755. The topological polar surface area (TPSA) is 64.2 Å². The molecule has 0 aliphatic carbocycles. The lowest BCUT2D eigenvalue weighted by Crippen LogP contribution is -2.31. The number of nitro groups is 1. The summed E-state index contributed by atoms with van der Waals surface area (Å²) < 4.78 is 2.49. The van der Waals surface area contributed by atoms with Crippen molar-refractivity contribution in [2.24, 2.45) is 0 Å². The van der Waals surface area contributed by atoms with Crippen LogP contribution in [0.2, 0.25) is 0 Å². The molecule has 1 aromatic carbocycles. The van der Waals surface area contributed by atoms with E-state index < -0.39 is 0 Å². The zero-order valence-corrected chi connectivity index (χ0v) is 13.6. The van der Waals surface area contributed by atoms with E-state index in [9.17, 15) is 10.1 Å². The molecular weight excluding hydrogens is 328 g/mol. The van der Waals surface area contributed by atoms with Gasteiger partial charge in [0, 0.05) is 29.3 Å². The van der Waals surface area contributed by atoms with Gasteiger partial charge in [0.25, 0.3) is 5.69 Å². The van der Waals surface area contributed by atoms with Gasteiger partial charge in [0.15, 0.2) is 3.95 Å². The van der Waals surface area contributed by atoms with E-state index in [4.69, 9.17) is 12.2 Å². The summed E-state index contributed by atoms with van der Waals surface area (Å²) in [5.74, 6) is 0.946. The zero-order valence-electron chi connectivity index (χ0n) is 11.2. The van der Waals surface area contributed by atoms with E-state index in [0.29, 0.717) is 6.67 Å². The molecule has 0 unspecified atom stereocenters. The Morgan fingerprint density at radius 3 is 3.00 bits per heavy atom. The van der Waals surface area contributed by atoms with Gasteiger partial charge in [-0.1, -0.05) is 11.3 Å². The zero-order chi connectivity index (χ0) is 15.0. The summed E-state index contributed by atoms with van der Waals surface area (Å²) in [7, 11) is 0. The second kappa shape index (κ2) is 5.74. The van der Waals surface area contributed by atoms with Crippen molar-refractivity contribution in [3.05, 3.63) is 37.3 Å². The molecule has 0 bridgehead atoms. The average Bonchev–Trinajstić information content (AvgIpc) is 2.76. The van der Waals surface area contributed by atoms with Gasteiger partial charge in [-0.25, -0.2) is 4.68 Å². The van der Waals surface area contributed by atoms with Crippen molar-refractivity contribution in [1.29, 1.82) is 0 Å². The van der Waals surface area contributed by atoms with Crippen LogP contribution < -0.4 is 4.90 Å². The second-order valence-electron chi connectivity index (χ2n) is 4.55. The molecular formula is C12H12N4O2S3. The number of aromatic nitrogens is 2. The lowest BCUT2D eigenvalue weighted by Gasteiger charge is -2.30. The average molecular weight is 340 g/mol. The standard InChI is InChI=1S/C12H12N4O2S3/c1-8-13-15(12(19)21-8)7-14-4-5-20-11-3-2-9(16(17)18)6-10(11)14/h2-3,6H,4-5,7H2,1H3. The first-order chi connectivity index (χ1) is 10.0. The SMILES string of the molecule is Cc1nn(CN2CCSc3ccc([N+](=O)[O-])cc32)c(=S)s1. The first-order valence-corrected chi connectivity index (χ1v) is 8.46. The van der Waals surface area contributed by atoms with E-state index >= 15 is 0 Å². The molecule has 1 aliphatic heterocycles. The van der Waals surface area contributed by atoms with Gasteiger partial charge in [-0.15, -0.1) is 11.8 Å². The van der Waals surface area contributed by atoms with Gasteiger partial charge in [-0.3, -0.25) is 10.1 Å². The Hall–Kier alpha value is -1.45. The van der Waals surface area contributed by atoms with Crippen LogP contribution in [-0.2, 0) is 6.67 Å². The van der Waals surface area contributed by atoms with E-state index in [1.807, 2.05) is 13.0 Å². The molecule has 0 N–H and O–H groups in total. The highest BCUT2D eigenvalue weighted by molar-refractivity contribution is 7.99. The second-order valence-corrected chi connectivity index (χ2v) is 7.51. The van der Waals surface area contributed by atoms with Gasteiger partial charge in [0.05, 0.1) is 10.6 Å². The van der Waals surface area contributed by atoms with E-state index in [0.717, 1.165) is 31.8 Å². The third kappa shape index (κ3) is 2.94. The molecule has 0 saturated carbocycles. The molecule has 1 aliphatic rings.